The maximum Gasteiger partial charge on any atom is 0.325 e. The minimum atomic E-state index is -0.646. The Hall–Kier alpha value is -2.94. The molecule has 0 radical (unpaired) electrons. The molecule has 0 unspecified atom stereocenters. The number of hydrogen-bond donors (Lipinski definition) is 1. The SMILES string of the molecule is O=C(CNC(=O)c1sc2ccccc2c1Cl)OCc1nc(-c2ccc(Cl)cc2)no1. The van der Waals surface area contributed by atoms with Crippen molar-refractivity contribution in [3.05, 3.63) is 69.3 Å². The molecule has 0 bridgehead atoms. The van der Waals surface area contributed by atoms with Gasteiger partial charge in [-0.1, -0.05) is 46.6 Å². The summed E-state index contributed by atoms with van der Waals surface area (Å²) in [6.45, 7) is -0.527. The first kappa shape index (κ1) is 20.3. The van der Waals surface area contributed by atoms with Gasteiger partial charge in [0, 0.05) is 20.7 Å². The summed E-state index contributed by atoms with van der Waals surface area (Å²) in [6, 6.07) is 14.3. The molecule has 4 rings (SSSR count). The third-order valence-corrected chi connectivity index (χ3v) is 5.99. The third-order valence-electron chi connectivity index (χ3n) is 4.06. The highest BCUT2D eigenvalue weighted by molar-refractivity contribution is 7.21. The highest BCUT2D eigenvalue weighted by atomic mass is 35.5. The largest absolute Gasteiger partial charge is 0.454 e. The van der Waals surface area contributed by atoms with Gasteiger partial charge in [0.2, 0.25) is 5.82 Å². The van der Waals surface area contributed by atoms with Gasteiger partial charge < -0.3 is 14.6 Å². The molecule has 4 aromatic rings. The van der Waals surface area contributed by atoms with Gasteiger partial charge in [-0.15, -0.1) is 11.3 Å². The maximum absolute atomic E-state index is 12.4. The summed E-state index contributed by atoms with van der Waals surface area (Å²) < 4.78 is 11.0. The Balaban J connectivity index is 1.30. The van der Waals surface area contributed by atoms with Crippen molar-refractivity contribution in [1.29, 1.82) is 0 Å². The number of benzene rings is 2. The number of carbonyl (C=O) groups is 2. The quantitative estimate of drug-likeness (QED) is 0.417. The van der Waals surface area contributed by atoms with Gasteiger partial charge in [-0.25, -0.2) is 0 Å². The van der Waals surface area contributed by atoms with Gasteiger partial charge in [0.25, 0.3) is 11.8 Å². The predicted molar refractivity (Wildman–Crippen MR) is 114 cm³/mol. The lowest BCUT2D eigenvalue weighted by atomic mass is 10.2. The molecule has 0 fully saturated rings. The van der Waals surface area contributed by atoms with E-state index in [4.69, 9.17) is 32.5 Å². The first-order valence-electron chi connectivity index (χ1n) is 8.70. The molecule has 30 heavy (non-hydrogen) atoms. The second kappa shape index (κ2) is 8.83. The number of esters is 1. The van der Waals surface area contributed by atoms with E-state index in [0.717, 1.165) is 10.1 Å². The summed E-state index contributed by atoms with van der Waals surface area (Å²) in [5.74, 6) is -0.606. The normalized spacial score (nSPS) is 10.9. The lowest BCUT2D eigenvalue weighted by Gasteiger charge is -2.04. The van der Waals surface area contributed by atoms with Crippen molar-refractivity contribution in [1.82, 2.24) is 15.5 Å². The van der Waals surface area contributed by atoms with Crippen molar-refractivity contribution in [3.8, 4) is 11.4 Å². The fourth-order valence-electron chi connectivity index (χ4n) is 2.62. The van der Waals surface area contributed by atoms with Crippen LogP contribution in [-0.2, 0) is 16.1 Å². The predicted octanol–water partition coefficient (Wildman–Crippen LogP) is 4.73. The van der Waals surface area contributed by atoms with E-state index < -0.39 is 11.9 Å². The molecule has 2 aromatic carbocycles. The molecule has 0 saturated carbocycles. The van der Waals surface area contributed by atoms with Crippen LogP contribution in [0.4, 0.5) is 0 Å². The molecule has 2 aromatic heterocycles. The zero-order valence-corrected chi connectivity index (χ0v) is 17.6. The van der Waals surface area contributed by atoms with Crippen LogP contribution in [-0.4, -0.2) is 28.6 Å². The molecule has 0 spiro atoms. The number of halogens is 2. The number of carbonyl (C=O) groups excluding carboxylic acids is 2. The molecule has 152 valence electrons. The molecule has 0 aliphatic rings. The minimum Gasteiger partial charge on any atom is -0.454 e. The highest BCUT2D eigenvalue weighted by Gasteiger charge is 2.18. The van der Waals surface area contributed by atoms with Crippen LogP contribution in [0.1, 0.15) is 15.6 Å². The number of fused-ring (bicyclic) bond motifs is 1. The first-order chi connectivity index (χ1) is 14.5. The molecular weight excluding hydrogens is 449 g/mol. The molecule has 0 atom stereocenters. The zero-order chi connectivity index (χ0) is 21.1. The Morgan fingerprint density at radius 2 is 1.87 bits per heavy atom. The molecule has 7 nitrogen and oxygen atoms in total. The molecular formula is C20H13Cl2N3O4S. The molecule has 0 saturated heterocycles. The summed E-state index contributed by atoms with van der Waals surface area (Å²) in [6.07, 6.45) is 0. The summed E-state index contributed by atoms with van der Waals surface area (Å²) in [5.41, 5.74) is 0.716. The minimum absolute atomic E-state index is 0.132. The van der Waals surface area contributed by atoms with Gasteiger partial charge in [0.1, 0.15) is 11.4 Å². The van der Waals surface area contributed by atoms with Crippen LogP contribution < -0.4 is 5.32 Å². The van der Waals surface area contributed by atoms with E-state index in [1.54, 1.807) is 24.3 Å². The van der Waals surface area contributed by atoms with E-state index in [9.17, 15) is 9.59 Å². The number of rotatable bonds is 6. The molecule has 2 heterocycles. The van der Waals surface area contributed by atoms with Crippen molar-refractivity contribution < 1.29 is 18.8 Å². The van der Waals surface area contributed by atoms with Gasteiger partial charge >= 0.3 is 5.97 Å². The number of ether oxygens (including phenoxy) is 1. The first-order valence-corrected chi connectivity index (χ1v) is 10.3. The van der Waals surface area contributed by atoms with E-state index in [-0.39, 0.29) is 19.0 Å². The maximum atomic E-state index is 12.4. The van der Waals surface area contributed by atoms with Gasteiger partial charge in [0.15, 0.2) is 6.61 Å². The standard InChI is InChI=1S/C20H13Cl2N3O4S/c21-12-7-5-11(6-8-12)19-24-15(29-25-19)10-28-16(26)9-23-20(27)18-17(22)13-3-1-2-4-14(13)30-18/h1-8H,9-10H2,(H,23,27). The van der Waals surface area contributed by atoms with Gasteiger partial charge in [0.05, 0.1) is 5.02 Å². The van der Waals surface area contributed by atoms with Crippen LogP contribution >= 0.6 is 34.5 Å². The third kappa shape index (κ3) is 4.46. The Morgan fingerprint density at radius 3 is 2.63 bits per heavy atom. The second-order valence-electron chi connectivity index (χ2n) is 6.10. The number of aromatic nitrogens is 2. The monoisotopic (exact) mass is 461 g/mol. The summed E-state index contributed by atoms with van der Waals surface area (Å²) in [5, 5.41) is 8.09. The van der Waals surface area contributed by atoms with Crippen molar-refractivity contribution in [2.45, 2.75) is 6.61 Å². The molecule has 10 heteroatoms. The lowest BCUT2D eigenvalue weighted by Crippen LogP contribution is -2.30. The number of thiophene rings is 1. The van der Waals surface area contributed by atoms with Crippen LogP contribution in [0.15, 0.2) is 53.1 Å². The molecule has 0 aliphatic heterocycles. The van der Waals surface area contributed by atoms with Crippen molar-refractivity contribution in [3.63, 3.8) is 0 Å². The molecule has 1 amide bonds. The average molecular weight is 462 g/mol. The number of amides is 1. The van der Waals surface area contributed by atoms with Crippen LogP contribution in [0.2, 0.25) is 10.0 Å². The molecule has 1 N–H and O–H groups in total. The topological polar surface area (TPSA) is 94.3 Å². The van der Waals surface area contributed by atoms with E-state index in [1.165, 1.54) is 11.3 Å². The van der Waals surface area contributed by atoms with Crippen molar-refractivity contribution in [2.24, 2.45) is 0 Å². The molecule has 0 aliphatic carbocycles. The Labute approximate surface area is 184 Å². The van der Waals surface area contributed by atoms with Crippen LogP contribution in [0.5, 0.6) is 0 Å². The highest BCUT2D eigenvalue weighted by Crippen LogP contribution is 2.34. The number of nitrogens with one attached hydrogen (secondary N) is 1. The zero-order valence-electron chi connectivity index (χ0n) is 15.2. The van der Waals surface area contributed by atoms with Gasteiger partial charge in [-0.2, -0.15) is 4.98 Å². The van der Waals surface area contributed by atoms with E-state index >= 15 is 0 Å². The van der Waals surface area contributed by atoms with Gasteiger partial charge in [-0.05, 0) is 30.3 Å². The number of hydrogen-bond acceptors (Lipinski definition) is 7. The fraction of sp³-hybridized carbons (Fsp3) is 0.100. The van der Waals surface area contributed by atoms with Crippen LogP contribution in [0, 0.1) is 0 Å². The fourth-order valence-corrected chi connectivity index (χ4v) is 4.18. The smallest absolute Gasteiger partial charge is 0.325 e. The van der Waals surface area contributed by atoms with Crippen LogP contribution in [0.3, 0.4) is 0 Å². The average Bonchev–Trinajstić information content (AvgIpc) is 3.36. The van der Waals surface area contributed by atoms with E-state index in [0.29, 0.717) is 26.3 Å². The Bertz CT molecular complexity index is 1220. The van der Waals surface area contributed by atoms with Crippen molar-refractivity contribution >= 4 is 56.5 Å². The summed E-state index contributed by atoms with van der Waals surface area (Å²) in [7, 11) is 0. The Kier molecular flexibility index (Phi) is 5.98. The van der Waals surface area contributed by atoms with Gasteiger partial charge in [-0.3, -0.25) is 9.59 Å². The van der Waals surface area contributed by atoms with E-state index in [2.05, 4.69) is 15.5 Å². The lowest BCUT2D eigenvalue weighted by molar-refractivity contribution is -0.144. The van der Waals surface area contributed by atoms with Crippen LogP contribution in [0.25, 0.3) is 21.5 Å². The second-order valence-corrected chi connectivity index (χ2v) is 7.97. The van der Waals surface area contributed by atoms with Crippen molar-refractivity contribution in [2.75, 3.05) is 6.54 Å². The summed E-state index contributed by atoms with van der Waals surface area (Å²) in [4.78, 5) is 28.8. The number of nitrogens with zero attached hydrogens (tertiary/aromatic N) is 2. The Morgan fingerprint density at radius 1 is 1.10 bits per heavy atom. The summed E-state index contributed by atoms with van der Waals surface area (Å²) >= 11 is 13.4. The van der Waals surface area contributed by atoms with E-state index in [1.807, 2.05) is 24.3 Å².